The molecule has 10 nitrogen and oxygen atoms in total. The maximum atomic E-state index is 13.5. The van der Waals surface area contributed by atoms with E-state index in [2.05, 4.69) is 25.7 Å². The third-order valence-corrected chi connectivity index (χ3v) is 6.54. The zero-order chi connectivity index (χ0) is 25.1. The Kier molecular flexibility index (Phi) is 6.46. The van der Waals surface area contributed by atoms with Crippen molar-refractivity contribution >= 4 is 35.0 Å². The Morgan fingerprint density at radius 3 is 2.67 bits per heavy atom. The minimum atomic E-state index is -0.863. The standard InChI is InChI=1S/C25H21N7O3S/c1-16-21(23(33)28-18-10-7-13-26-14-18)22(19-11-5-6-12-20(19)32(34)35)31-24(27-16)29-25(30-31)36-15-17-8-3-2-4-9-17/h2-14,22H,15H2,1H3,(H,28,33)(H,27,29,30)/t22-/m1/s1. The molecule has 2 aromatic heterocycles. The van der Waals surface area contributed by atoms with Crippen molar-refractivity contribution in [3.63, 3.8) is 0 Å². The van der Waals surface area contributed by atoms with Gasteiger partial charge in [0, 0.05) is 23.7 Å². The number of benzene rings is 2. The summed E-state index contributed by atoms with van der Waals surface area (Å²) >= 11 is 1.44. The predicted molar refractivity (Wildman–Crippen MR) is 136 cm³/mol. The molecule has 0 bridgehead atoms. The number of amides is 1. The number of rotatable bonds is 7. The zero-order valence-corrected chi connectivity index (χ0v) is 20.0. The van der Waals surface area contributed by atoms with Crippen LogP contribution in [0, 0.1) is 10.1 Å². The average Bonchev–Trinajstić information content (AvgIpc) is 3.30. The number of nitrogens with zero attached hydrogens (tertiary/aromatic N) is 5. The van der Waals surface area contributed by atoms with Crippen molar-refractivity contribution in [2.75, 3.05) is 10.6 Å². The van der Waals surface area contributed by atoms with Crippen LogP contribution in [0.25, 0.3) is 0 Å². The SMILES string of the molecule is CC1=C(C(=O)Nc2cccnc2)[C@@H](c2ccccc2[N+](=O)[O-])n2nc(SCc3ccccc3)nc2N1. The second-order valence-corrected chi connectivity index (χ2v) is 8.96. The second kappa shape index (κ2) is 10.0. The maximum absolute atomic E-state index is 13.5. The molecular weight excluding hydrogens is 478 g/mol. The molecule has 1 atom stereocenters. The number of nitrogens with one attached hydrogen (secondary N) is 2. The number of nitro benzene ring substituents is 1. The van der Waals surface area contributed by atoms with E-state index in [9.17, 15) is 14.9 Å². The van der Waals surface area contributed by atoms with Crippen LogP contribution in [-0.2, 0) is 10.5 Å². The van der Waals surface area contributed by atoms with E-state index in [1.165, 1.54) is 24.0 Å². The Labute approximate surface area is 210 Å². The van der Waals surface area contributed by atoms with Gasteiger partial charge in [-0.2, -0.15) is 4.98 Å². The summed E-state index contributed by atoms with van der Waals surface area (Å²) < 4.78 is 1.54. The summed E-state index contributed by atoms with van der Waals surface area (Å²) in [5.41, 5.74) is 2.68. The van der Waals surface area contributed by atoms with Gasteiger partial charge in [0.25, 0.3) is 11.6 Å². The summed E-state index contributed by atoms with van der Waals surface area (Å²) in [5.74, 6) is 0.640. The fraction of sp³-hybridized carbons (Fsp3) is 0.120. The van der Waals surface area contributed by atoms with Gasteiger partial charge < -0.3 is 10.6 Å². The molecule has 5 rings (SSSR count). The van der Waals surface area contributed by atoms with Crippen LogP contribution in [0.4, 0.5) is 17.3 Å². The van der Waals surface area contributed by atoms with Crippen molar-refractivity contribution in [3.05, 3.63) is 112 Å². The predicted octanol–water partition coefficient (Wildman–Crippen LogP) is 4.80. The molecule has 11 heteroatoms. The quantitative estimate of drug-likeness (QED) is 0.211. The van der Waals surface area contributed by atoms with Gasteiger partial charge >= 0.3 is 0 Å². The van der Waals surface area contributed by atoms with Crippen LogP contribution in [0.1, 0.15) is 24.1 Å². The molecular formula is C25H21N7O3S. The smallest absolute Gasteiger partial charge is 0.275 e. The molecule has 1 amide bonds. The van der Waals surface area contributed by atoms with E-state index < -0.39 is 16.9 Å². The first-order valence-electron chi connectivity index (χ1n) is 11.1. The van der Waals surface area contributed by atoms with Crippen molar-refractivity contribution < 1.29 is 9.72 Å². The van der Waals surface area contributed by atoms with E-state index in [-0.39, 0.29) is 5.69 Å². The molecule has 0 unspecified atom stereocenters. The Morgan fingerprint density at radius 2 is 1.92 bits per heavy atom. The van der Waals surface area contributed by atoms with E-state index in [1.54, 1.807) is 48.1 Å². The number of pyridine rings is 1. The number of para-hydroxylation sites is 1. The first kappa shape index (κ1) is 23.2. The molecule has 180 valence electrons. The Morgan fingerprint density at radius 1 is 1.14 bits per heavy atom. The average molecular weight is 500 g/mol. The third-order valence-electron chi connectivity index (χ3n) is 5.64. The molecule has 2 N–H and O–H groups in total. The van der Waals surface area contributed by atoms with Crippen molar-refractivity contribution in [3.8, 4) is 0 Å². The number of hydrogen-bond donors (Lipinski definition) is 2. The molecule has 0 spiro atoms. The molecule has 0 saturated carbocycles. The number of aromatic nitrogens is 4. The minimum absolute atomic E-state index is 0.108. The number of fused-ring (bicyclic) bond motifs is 1. The number of nitro groups is 1. The first-order valence-corrected chi connectivity index (χ1v) is 12.1. The van der Waals surface area contributed by atoms with Gasteiger partial charge in [0.05, 0.1) is 27.9 Å². The highest BCUT2D eigenvalue weighted by Gasteiger charge is 2.37. The maximum Gasteiger partial charge on any atom is 0.275 e. The van der Waals surface area contributed by atoms with E-state index in [1.807, 2.05) is 30.3 Å². The lowest BCUT2D eigenvalue weighted by Crippen LogP contribution is -2.32. The normalized spacial score (nSPS) is 14.6. The van der Waals surface area contributed by atoms with E-state index in [4.69, 9.17) is 0 Å². The van der Waals surface area contributed by atoms with Gasteiger partial charge in [-0.25, -0.2) is 4.68 Å². The van der Waals surface area contributed by atoms with Gasteiger partial charge in [0.2, 0.25) is 11.1 Å². The number of thioether (sulfide) groups is 1. The number of carbonyl (C=O) groups excluding carboxylic acids is 1. The van der Waals surface area contributed by atoms with Gasteiger partial charge in [0.1, 0.15) is 6.04 Å². The molecule has 36 heavy (non-hydrogen) atoms. The van der Waals surface area contributed by atoms with Gasteiger partial charge in [-0.1, -0.05) is 54.2 Å². The highest BCUT2D eigenvalue weighted by molar-refractivity contribution is 7.98. The second-order valence-electron chi connectivity index (χ2n) is 8.01. The number of allylic oxidation sites excluding steroid dienone is 1. The number of hydrogen-bond acceptors (Lipinski definition) is 8. The Balaban J connectivity index is 1.55. The van der Waals surface area contributed by atoms with Crippen LogP contribution in [0.2, 0.25) is 0 Å². The molecule has 3 heterocycles. The summed E-state index contributed by atoms with van der Waals surface area (Å²) in [4.78, 5) is 33.6. The highest BCUT2D eigenvalue weighted by atomic mass is 32.2. The van der Waals surface area contributed by atoms with Gasteiger partial charge in [-0.05, 0) is 30.7 Å². The summed E-state index contributed by atoms with van der Waals surface area (Å²) in [7, 11) is 0. The van der Waals surface area contributed by atoms with Gasteiger partial charge in [-0.15, -0.1) is 5.10 Å². The molecule has 1 aliphatic rings. The van der Waals surface area contributed by atoms with Crippen molar-refractivity contribution in [1.82, 2.24) is 19.7 Å². The van der Waals surface area contributed by atoms with Crippen LogP contribution < -0.4 is 10.6 Å². The Bertz CT molecular complexity index is 1460. The summed E-state index contributed by atoms with van der Waals surface area (Å²) in [6.07, 6.45) is 3.14. The Hall–Kier alpha value is -4.51. The van der Waals surface area contributed by atoms with Crippen LogP contribution in [0.15, 0.2) is 95.6 Å². The summed E-state index contributed by atoms with van der Waals surface area (Å²) in [5, 5.41) is 23.0. The molecule has 4 aromatic rings. The largest absolute Gasteiger partial charge is 0.328 e. The topological polar surface area (TPSA) is 128 Å². The molecule has 0 fully saturated rings. The van der Waals surface area contributed by atoms with Crippen LogP contribution in [0.5, 0.6) is 0 Å². The van der Waals surface area contributed by atoms with Crippen LogP contribution in [0.3, 0.4) is 0 Å². The molecule has 2 aromatic carbocycles. The summed E-state index contributed by atoms with van der Waals surface area (Å²) in [6.45, 7) is 1.74. The zero-order valence-electron chi connectivity index (χ0n) is 19.2. The van der Waals surface area contributed by atoms with Crippen LogP contribution in [-0.4, -0.2) is 30.6 Å². The monoisotopic (exact) mass is 499 g/mol. The van der Waals surface area contributed by atoms with Crippen molar-refractivity contribution in [2.24, 2.45) is 0 Å². The van der Waals surface area contributed by atoms with E-state index >= 15 is 0 Å². The fourth-order valence-corrected chi connectivity index (χ4v) is 4.80. The van der Waals surface area contributed by atoms with E-state index in [0.717, 1.165) is 5.56 Å². The minimum Gasteiger partial charge on any atom is -0.328 e. The van der Waals surface area contributed by atoms with Gasteiger partial charge in [-0.3, -0.25) is 19.9 Å². The first-order chi connectivity index (χ1) is 17.5. The third kappa shape index (κ3) is 4.68. The fourth-order valence-electron chi connectivity index (χ4n) is 4.02. The van der Waals surface area contributed by atoms with Gasteiger partial charge in [0.15, 0.2) is 0 Å². The lowest BCUT2D eigenvalue weighted by Gasteiger charge is -2.28. The lowest BCUT2D eigenvalue weighted by atomic mass is 9.93. The summed E-state index contributed by atoms with van der Waals surface area (Å²) in [6, 6.07) is 18.9. The molecule has 0 saturated heterocycles. The van der Waals surface area contributed by atoms with E-state index in [0.29, 0.717) is 39.4 Å². The highest BCUT2D eigenvalue weighted by Crippen LogP contribution is 2.40. The molecule has 0 radical (unpaired) electrons. The van der Waals surface area contributed by atoms with Crippen molar-refractivity contribution in [2.45, 2.75) is 23.9 Å². The number of carbonyl (C=O) groups is 1. The van der Waals surface area contributed by atoms with Crippen LogP contribution >= 0.6 is 11.8 Å². The lowest BCUT2D eigenvalue weighted by molar-refractivity contribution is -0.385. The van der Waals surface area contributed by atoms with Crippen molar-refractivity contribution in [1.29, 1.82) is 0 Å². The number of anilines is 2. The molecule has 1 aliphatic heterocycles. The molecule has 0 aliphatic carbocycles.